The smallest absolute Gasteiger partial charge is 0.270 e. The SMILES string of the molecule is Cc1nn(-c2ccccc2)c(C)c1C1=NCCNC1=O. The summed E-state index contributed by atoms with van der Waals surface area (Å²) in [5.74, 6) is -0.116. The van der Waals surface area contributed by atoms with Crippen molar-refractivity contribution in [3.63, 3.8) is 0 Å². The highest BCUT2D eigenvalue weighted by Gasteiger charge is 2.24. The van der Waals surface area contributed by atoms with E-state index in [1.165, 1.54) is 0 Å². The molecule has 20 heavy (non-hydrogen) atoms. The van der Waals surface area contributed by atoms with E-state index in [1.807, 2.05) is 48.9 Å². The molecule has 3 rings (SSSR count). The first kappa shape index (κ1) is 12.6. The van der Waals surface area contributed by atoms with Gasteiger partial charge in [0.15, 0.2) is 0 Å². The van der Waals surface area contributed by atoms with E-state index in [9.17, 15) is 4.79 Å². The number of amides is 1. The first-order valence-electron chi connectivity index (χ1n) is 6.63. The summed E-state index contributed by atoms with van der Waals surface area (Å²) in [6, 6.07) is 9.89. The van der Waals surface area contributed by atoms with Gasteiger partial charge in [0.1, 0.15) is 5.71 Å². The number of hydrogen-bond donors (Lipinski definition) is 1. The van der Waals surface area contributed by atoms with E-state index in [4.69, 9.17) is 0 Å². The van der Waals surface area contributed by atoms with Crippen LogP contribution in [0.1, 0.15) is 17.0 Å². The number of nitrogens with one attached hydrogen (secondary N) is 1. The van der Waals surface area contributed by atoms with Gasteiger partial charge >= 0.3 is 0 Å². The topological polar surface area (TPSA) is 59.3 Å². The minimum Gasteiger partial charge on any atom is -0.349 e. The highest BCUT2D eigenvalue weighted by atomic mass is 16.2. The van der Waals surface area contributed by atoms with Gasteiger partial charge in [-0.2, -0.15) is 5.10 Å². The Kier molecular flexibility index (Phi) is 3.10. The van der Waals surface area contributed by atoms with E-state index in [0.29, 0.717) is 18.8 Å². The standard InChI is InChI=1S/C15H16N4O/c1-10-13(14-15(20)17-9-8-16-14)11(2)19(18-10)12-6-4-3-5-7-12/h3-7H,8-9H2,1-2H3,(H,17,20). The second kappa shape index (κ2) is 4.92. The number of para-hydroxylation sites is 1. The van der Waals surface area contributed by atoms with Crippen molar-refractivity contribution in [1.29, 1.82) is 0 Å². The second-order valence-electron chi connectivity index (χ2n) is 4.78. The lowest BCUT2D eigenvalue weighted by molar-refractivity contribution is -0.114. The van der Waals surface area contributed by atoms with Crippen LogP contribution >= 0.6 is 0 Å². The van der Waals surface area contributed by atoms with Crippen molar-refractivity contribution >= 4 is 11.6 Å². The maximum absolute atomic E-state index is 12.0. The number of carbonyl (C=O) groups excluding carboxylic acids is 1. The van der Waals surface area contributed by atoms with Crippen molar-refractivity contribution in [2.75, 3.05) is 13.1 Å². The third-order valence-electron chi connectivity index (χ3n) is 3.41. The molecular formula is C15H16N4O. The zero-order valence-electron chi connectivity index (χ0n) is 11.6. The number of carbonyl (C=O) groups is 1. The largest absolute Gasteiger partial charge is 0.349 e. The zero-order valence-corrected chi connectivity index (χ0v) is 11.6. The molecule has 1 aromatic carbocycles. The van der Waals surface area contributed by atoms with Gasteiger partial charge in [0, 0.05) is 12.1 Å². The van der Waals surface area contributed by atoms with E-state index >= 15 is 0 Å². The number of aryl methyl sites for hydroxylation is 1. The Morgan fingerprint density at radius 3 is 2.65 bits per heavy atom. The van der Waals surface area contributed by atoms with Crippen LogP contribution in [0.5, 0.6) is 0 Å². The molecule has 2 aromatic rings. The van der Waals surface area contributed by atoms with E-state index in [-0.39, 0.29) is 5.91 Å². The van der Waals surface area contributed by atoms with Crippen molar-refractivity contribution in [3.8, 4) is 5.69 Å². The predicted molar refractivity (Wildman–Crippen MR) is 77.5 cm³/mol. The lowest BCUT2D eigenvalue weighted by Gasteiger charge is -2.13. The van der Waals surface area contributed by atoms with Crippen molar-refractivity contribution in [2.24, 2.45) is 4.99 Å². The molecule has 0 bridgehead atoms. The summed E-state index contributed by atoms with van der Waals surface area (Å²) >= 11 is 0. The summed E-state index contributed by atoms with van der Waals surface area (Å²) in [5.41, 5.74) is 4.07. The van der Waals surface area contributed by atoms with Crippen molar-refractivity contribution in [3.05, 3.63) is 47.3 Å². The zero-order chi connectivity index (χ0) is 14.1. The summed E-state index contributed by atoms with van der Waals surface area (Å²) in [4.78, 5) is 16.3. The number of aromatic nitrogens is 2. The van der Waals surface area contributed by atoms with Crippen LogP contribution in [0, 0.1) is 13.8 Å². The molecule has 1 aromatic heterocycles. The Morgan fingerprint density at radius 2 is 1.95 bits per heavy atom. The van der Waals surface area contributed by atoms with Crippen molar-refractivity contribution in [2.45, 2.75) is 13.8 Å². The molecule has 0 aliphatic carbocycles. The Balaban J connectivity index is 2.12. The monoisotopic (exact) mass is 268 g/mol. The van der Waals surface area contributed by atoms with Gasteiger partial charge in [0.2, 0.25) is 0 Å². The van der Waals surface area contributed by atoms with Crippen LogP contribution in [0.4, 0.5) is 0 Å². The second-order valence-corrected chi connectivity index (χ2v) is 4.78. The Labute approximate surface area is 117 Å². The predicted octanol–water partition coefficient (Wildman–Crippen LogP) is 1.41. The Bertz CT molecular complexity index is 685. The molecule has 2 heterocycles. The first-order chi connectivity index (χ1) is 9.68. The average molecular weight is 268 g/mol. The Morgan fingerprint density at radius 1 is 1.20 bits per heavy atom. The maximum Gasteiger partial charge on any atom is 0.270 e. The van der Waals surface area contributed by atoms with Gasteiger partial charge in [-0.25, -0.2) is 4.68 Å². The normalized spacial score (nSPS) is 14.9. The summed E-state index contributed by atoms with van der Waals surface area (Å²) in [5, 5.41) is 7.37. The molecule has 102 valence electrons. The number of rotatable bonds is 2. The molecule has 1 amide bonds. The van der Waals surface area contributed by atoms with E-state index in [0.717, 1.165) is 22.6 Å². The molecule has 1 aliphatic rings. The van der Waals surface area contributed by atoms with Gasteiger partial charge in [-0.1, -0.05) is 18.2 Å². The molecule has 0 saturated carbocycles. The fourth-order valence-corrected chi connectivity index (χ4v) is 2.49. The van der Waals surface area contributed by atoms with Crippen LogP contribution in [0.3, 0.4) is 0 Å². The third-order valence-corrected chi connectivity index (χ3v) is 3.41. The number of nitrogens with zero attached hydrogens (tertiary/aromatic N) is 3. The lowest BCUT2D eigenvalue weighted by Crippen LogP contribution is -2.38. The summed E-state index contributed by atoms with van der Waals surface area (Å²) in [6.07, 6.45) is 0. The van der Waals surface area contributed by atoms with Gasteiger partial charge in [-0.15, -0.1) is 0 Å². The highest BCUT2D eigenvalue weighted by Crippen LogP contribution is 2.19. The molecule has 0 radical (unpaired) electrons. The number of aliphatic imine (C=N–C) groups is 1. The number of benzene rings is 1. The summed E-state index contributed by atoms with van der Waals surface area (Å²) in [7, 11) is 0. The van der Waals surface area contributed by atoms with Crippen LogP contribution in [-0.2, 0) is 4.79 Å². The van der Waals surface area contributed by atoms with E-state index < -0.39 is 0 Å². The molecule has 1 aliphatic heterocycles. The van der Waals surface area contributed by atoms with Crippen LogP contribution in [0.15, 0.2) is 35.3 Å². The molecule has 5 heteroatoms. The van der Waals surface area contributed by atoms with E-state index in [2.05, 4.69) is 15.4 Å². The summed E-state index contributed by atoms with van der Waals surface area (Å²) in [6.45, 7) is 5.10. The van der Waals surface area contributed by atoms with Crippen LogP contribution in [-0.4, -0.2) is 34.5 Å². The number of hydrogen-bond acceptors (Lipinski definition) is 3. The first-order valence-corrected chi connectivity index (χ1v) is 6.63. The van der Waals surface area contributed by atoms with E-state index in [1.54, 1.807) is 0 Å². The minimum atomic E-state index is -0.116. The van der Waals surface area contributed by atoms with Gasteiger partial charge in [-0.05, 0) is 26.0 Å². The quantitative estimate of drug-likeness (QED) is 0.895. The molecule has 5 nitrogen and oxygen atoms in total. The summed E-state index contributed by atoms with van der Waals surface area (Å²) < 4.78 is 1.86. The van der Waals surface area contributed by atoms with Crippen LogP contribution < -0.4 is 5.32 Å². The highest BCUT2D eigenvalue weighted by molar-refractivity contribution is 6.46. The van der Waals surface area contributed by atoms with Gasteiger partial charge in [0.05, 0.1) is 23.6 Å². The lowest BCUT2D eigenvalue weighted by atomic mass is 10.1. The molecule has 0 unspecified atom stereocenters. The van der Waals surface area contributed by atoms with Crippen molar-refractivity contribution in [1.82, 2.24) is 15.1 Å². The van der Waals surface area contributed by atoms with Crippen LogP contribution in [0.25, 0.3) is 5.69 Å². The van der Waals surface area contributed by atoms with Gasteiger partial charge in [-0.3, -0.25) is 9.79 Å². The third kappa shape index (κ3) is 2.01. The minimum absolute atomic E-state index is 0.116. The molecule has 1 N–H and O–H groups in total. The fourth-order valence-electron chi connectivity index (χ4n) is 2.49. The molecule has 0 saturated heterocycles. The molecule has 0 atom stereocenters. The van der Waals surface area contributed by atoms with Gasteiger partial charge in [0.25, 0.3) is 5.91 Å². The fraction of sp³-hybridized carbons (Fsp3) is 0.267. The molecular weight excluding hydrogens is 252 g/mol. The van der Waals surface area contributed by atoms with Crippen LogP contribution in [0.2, 0.25) is 0 Å². The molecule has 0 spiro atoms. The van der Waals surface area contributed by atoms with Gasteiger partial charge < -0.3 is 5.32 Å². The Hall–Kier alpha value is -2.43. The maximum atomic E-state index is 12.0. The average Bonchev–Trinajstić information content (AvgIpc) is 2.76. The molecule has 0 fully saturated rings. The van der Waals surface area contributed by atoms with Crippen molar-refractivity contribution < 1.29 is 4.79 Å².